The van der Waals surface area contributed by atoms with Gasteiger partial charge in [0.25, 0.3) is 0 Å². The molecule has 0 spiro atoms. The van der Waals surface area contributed by atoms with Crippen molar-refractivity contribution in [3.8, 4) is 5.75 Å². The van der Waals surface area contributed by atoms with Gasteiger partial charge in [0.05, 0.1) is 7.11 Å². The van der Waals surface area contributed by atoms with Crippen LogP contribution in [0.15, 0.2) is 29.3 Å². The first-order valence-electron chi connectivity index (χ1n) is 5.43. The van der Waals surface area contributed by atoms with Gasteiger partial charge in [-0.2, -0.15) is 0 Å². The molecule has 0 amide bonds. The summed E-state index contributed by atoms with van der Waals surface area (Å²) < 4.78 is 5.09. The Kier molecular flexibility index (Phi) is 5.19. The van der Waals surface area contributed by atoms with Crippen molar-refractivity contribution < 1.29 is 4.74 Å². The fourth-order valence-electron chi connectivity index (χ4n) is 1.33. The summed E-state index contributed by atoms with van der Waals surface area (Å²) in [5, 5.41) is 2.96. The van der Waals surface area contributed by atoms with Crippen LogP contribution in [0.1, 0.15) is 12.5 Å². The highest BCUT2D eigenvalue weighted by Gasteiger charge is 1.94. The quantitative estimate of drug-likeness (QED) is 0.579. The van der Waals surface area contributed by atoms with Crippen LogP contribution in [0.25, 0.3) is 0 Å². The lowest BCUT2D eigenvalue weighted by molar-refractivity contribution is 0.414. The maximum Gasteiger partial charge on any atom is 0.188 e. The summed E-state index contributed by atoms with van der Waals surface area (Å²) in [5.74, 6) is 1.38. The number of ether oxygens (including phenoxy) is 1. The van der Waals surface area contributed by atoms with Gasteiger partial charge in [0, 0.05) is 13.1 Å². The minimum Gasteiger partial charge on any atom is -0.497 e. The van der Waals surface area contributed by atoms with Crippen molar-refractivity contribution in [2.75, 3.05) is 20.2 Å². The topological polar surface area (TPSA) is 59.6 Å². The predicted molar refractivity (Wildman–Crippen MR) is 66.9 cm³/mol. The first-order valence-corrected chi connectivity index (χ1v) is 5.43. The summed E-state index contributed by atoms with van der Waals surface area (Å²) >= 11 is 0. The molecule has 3 N–H and O–H groups in total. The Morgan fingerprint density at radius 2 is 2.06 bits per heavy atom. The Morgan fingerprint density at radius 3 is 2.62 bits per heavy atom. The predicted octanol–water partition coefficient (Wildman–Crippen LogP) is 1.16. The molecule has 4 heteroatoms. The number of guanidine groups is 1. The molecular formula is C12H19N3O. The summed E-state index contributed by atoms with van der Waals surface area (Å²) in [6, 6.07) is 7.98. The van der Waals surface area contributed by atoms with Crippen LogP contribution in [0.3, 0.4) is 0 Å². The van der Waals surface area contributed by atoms with Crippen LogP contribution in [-0.4, -0.2) is 26.2 Å². The van der Waals surface area contributed by atoms with Crippen molar-refractivity contribution in [3.05, 3.63) is 29.8 Å². The van der Waals surface area contributed by atoms with Gasteiger partial charge in [0.2, 0.25) is 0 Å². The Balaban J connectivity index is 2.39. The molecule has 0 saturated heterocycles. The van der Waals surface area contributed by atoms with Gasteiger partial charge in [-0.05, 0) is 31.0 Å². The largest absolute Gasteiger partial charge is 0.497 e. The molecule has 88 valence electrons. The number of benzene rings is 1. The number of hydrogen-bond donors (Lipinski definition) is 2. The molecule has 0 unspecified atom stereocenters. The Labute approximate surface area is 96.5 Å². The standard InChI is InChI=1S/C12H19N3O/c1-3-14-12(13)15-9-8-10-4-6-11(16-2)7-5-10/h4-7H,3,8-9H2,1-2H3,(H3,13,14,15). The van der Waals surface area contributed by atoms with Crippen LogP contribution >= 0.6 is 0 Å². The average molecular weight is 221 g/mol. The number of methoxy groups -OCH3 is 1. The highest BCUT2D eigenvalue weighted by Crippen LogP contribution is 2.11. The fourth-order valence-corrected chi connectivity index (χ4v) is 1.33. The van der Waals surface area contributed by atoms with E-state index in [2.05, 4.69) is 10.3 Å². The van der Waals surface area contributed by atoms with Gasteiger partial charge in [-0.25, -0.2) is 0 Å². The highest BCUT2D eigenvalue weighted by molar-refractivity contribution is 5.77. The van der Waals surface area contributed by atoms with Gasteiger partial charge in [0.1, 0.15) is 5.75 Å². The van der Waals surface area contributed by atoms with Crippen LogP contribution in [0.2, 0.25) is 0 Å². The lowest BCUT2D eigenvalue weighted by Gasteiger charge is -2.03. The van der Waals surface area contributed by atoms with E-state index < -0.39 is 0 Å². The zero-order valence-corrected chi connectivity index (χ0v) is 9.86. The number of nitrogens with one attached hydrogen (secondary N) is 1. The van der Waals surface area contributed by atoms with Crippen LogP contribution < -0.4 is 15.8 Å². The third kappa shape index (κ3) is 4.21. The van der Waals surface area contributed by atoms with E-state index in [1.54, 1.807) is 7.11 Å². The van der Waals surface area contributed by atoms with E-state index in [-0.39, 0.29) is 0 Å². The van der Waals surface area contributed by atoms with Gasteiger partial charge < -0.3 is 15.8 Å². The molecule has 0 aliphatic heterocycles. The summed E-state index contributed by atoms with van der Waals surface area (Å²) in [6.45, 7) is 3.49. The lowest BCUT2D eigenvalue weighted by Crippen LogP contribution is -2.31. The van der Waals surface area contributed by atoms with E-state index in [1.165, 1.54) is 5.56 Å². The molecule has 0 bridgehead atoms. The molecule has 1 aromatic rings. The smallest absolute Gasteiger partial charge is 0.188 e. The molecule has 0 radical (unpaired) electrons. The van der Waals surface area contributed by atoms with Crippen molar-refractivity contribution >= 4 is 5.96 Å². The summed E-state index contributed by atoms with van der Waals surface area (Å²) in [5.41, 5.74) is 6.84. The molecule has 0 fully saturated rings. The Bertz CT molecular complexity index is 333. The molecule has 0 aliphatic carbocycles. The Morgan fingerprint density at radius 1 is 1.38 bits per heavy atom. The third-order valence-corrected chi connectivity index (χ3v) is 2.20. The second-order valence-corrected chi connectivity index (χ2v) is 3.40. The highest BCUT2D eigenvalue weighted by atomic mass is 16.5. The van der Waals surface area contributed by atoms with Crippen molar-refractivity contribution in [2.45, 2.75) is 13.3 Å². The van der Waals surface area contributed by atoms with Gasteiger partial charge in [-0.15, -0.1) is 0 Å². The van der Waals surface area contributed by atoms with Gasteiger partial charge >= 0.3 is 0 Å². The molecule has 0 atom stereocenters. The monoisotopic (exact) mass is 221 g/mol. The van der Waals surface area contributed by atoms with Gasteiger partial charge in [-0.1, -0.05) is 12.1 Å². The first-order chi connectivity index (χ1) is 7.76. The molecule has 1 rings (SSSR count). The normalized spacial score (nSPS) is 11.2. The van der Waals surface area contributed by atoms with Crippen molar-refractivity contribution in [3.63, 3.8) is 0 Å². The summed E-state index contributed by atoms with van der Waals surface area (Å²) in [6.07, 6.45) is 0.885. The van der Waals surface area contributed by atoms with Gasteiger partial charge in [-0.3, -0.25) is 4.99 Å². The second kappa shape index (κ2) is 6.71. The molecule has 0 saturated carbocycles. The number of hydrogen-bond acceptors (Lipinski definition) is 2. The lowest BCUT2D eigenvalue weighted by atomic mass is 10.1. The molecule has 0 aromatic heterocycles. The van der Waals surface area contributed by atoms with Crippen LogP contribution in [-0.2, 0) is 6.42 Å². The van der Waals surface area contributed by atoms with E-state index in [0.29, 0.717) is 12.5 Å². The first kappa shape index (κ1) is 12.4. The van der Waals surface area contributed by atoms with E-state index in [4.69, 9.17) is 10.5 Å². The van der Waals surface area contributed by atoms with Crippen molar-refractivity contribution in [1.82, 2.24) is 5.32 Å². The number of nitrogens with two attached hydrogens (primary N) is 1. The maximum absolute atomic E-state index is 5.61. The summed E-state index contributed by atoms with van der Waals surface area (Å²) in [7, 11) is 1.66. The van der Waals surface area contributed by atoms with Crippen LogP contribution in [0.5, 0.6) is 5.75 Å². The minimum absolute atomic E-state index is 0.510. The molecule has 0 heterocycles. The molecule has 0 aliphatic rings. The number of aliphatic imine (C=N–C) groups is 1. The second-order valence-electron chi connectivity index (χ2n) is 3.40. The molecular weight excluding hydrogens is 202 g/mol. The van der Waals surface area contributed by atoms with Crippen LogP contribution in [0.4, 0.5) is 0 Å². The molecule has 4 nitrogen and oxygen atoms in total. The zero-order valence-electron chi connectivity index (χ0n) is 9.86. The number of rotatable bonds is 5. The van der Waals surface area contributed by atoms with Gasteiger partial charge in [0.15, 0.2) is 5.96 Å². The van der Waals surface area contributed by atoms with E-state index >= 15 is 0 Å². The Hall–Kier alpha value is -1.71. The van der Waals surface area contributed by atoms with Crippen molar-refractivity contribution in [2.24, 2.45) is 10.7 Å². The fraction of sp³-hybridized carbons (Fsp3) is 0.417. The summed E-state index contributed by atoms with van der Waals surface area (Å²) in [4.78, 5) is 4.20. The maximum atomic E-state index is 5.61. The van der Waals surface area contributed by atoms with E-state index in [1.807, 2.05) is 31.2 Å². The number of nitrogens with zero attached hydrogens (tertiary/aromatic N) is 1. The zero-order chi connectivity index (χ0) is 11.8. The van der Waals surface area contributed by atoms with Crippen molar-refractivity contribution in [1.29, 1.82) is 0 Å². The van der Waals surface area contributed by atoms with E-state index in [0.717, 1.165) is 18.7 Å². The van der Waals surface area contributed by atoms with Crippen LogP contribution in [0, 0.1) is 0 Å². The van der Waals surface area contributed by atoms with E-state index in [9.17, 15) is 0 Å². The molecule has 1 aromatic carbocycles. The average Bonchev–Trinajstić information content (AvgIpc) is 2.30. The SMILES string of the molecule is CCNC(N)=NCCc1ccc(OC)cc1. The third-order valence-electron chi connectivity index (χ3n) is 2.20. The minimum atomic E-state index is 0.510. The molecule has 16 heavy (non-hydrogen) atoms.